The van der Waals surface area contributed by atoms with Gasteiger partial charge in [0.25, 0.3) is 10.0 Å². The summed E-state index contributed by atoms with van der Waals surface area (Å²) in [5.74, 6) is 1.06. The summed E-state index contributed by atoms with van der Waals surface area (Å²) in [4.78, 5) is 4.14. The van der Waals surface area contributed by atoms with Crippen molar-refractivity contribution in [3.63, 3.8) is 0 Å². The van der Waals surface area contributed by atoms with Crippen LogP contribution < -0.4 is 10.0 Å². The Morgan fingerprint density at radius 3 is 2.89 bits per heavy atom. The maximum atomic E-state index is 12.3. The summed E-state index contributed by atoms with van der Waals surface area (Å²) in [5.41, 5.74) is 0. The number of sulfonamides is 1. The first-order valence-electron chi connectivity index (χ1n) is 6.71. The second kappa shape index (κ2) is 5.60. The number of imidazole rings is 1. The third-order valence-corrected chi connectivity index (χ3v) is 5.06. The van der Waals surface area contributed by atoms with Crippen LogP contribution in [-0.4, -0.2) is 37.1 Å². The Labute approximate surface area is 114 Å². The van der Waals surface area contributed by atoms with E-state index in [4.69, 9.17) is 0 Å². The molecule has 1 aromatic heterocycles. The molecule has 0 aromatic carbocycles. The van der Waals surface area contributed by atoms with Crippen molar-refractivity contribution < 1.29 is 8.42 Å². The summed E-state index contributed by atoms with van der Waals surface area (Å²) < 4.78 is 29.2. The number of nitrogens with zero attached hydrogens (tertiary/aromatic N) is 2. The minimum absolute atomic E-state index is 0.0640. The molecular weight excluding hydrogens is 264 g/mol. The van der Waals surface area contributed by atoms with Crippen molar-refractivity contribution in [2.45, 2.75) is 44.8 Å². The molecule has 108 valence electrons. The molecule has 0 saturated carbocycles. The summed E-state index contributed by atoms with van der Waals surface area (Å²) in [6.07, 6.45) is 2.58. The summed E-state index contributed by atoms with van der Waals surface area (Å²) in [7, 11) is -3.53. The van der Waals surface area contributed by atoms with Crippen LogP contribution in [0.4, 0.5) is 0 Å². The molecule has 2 atom stereocenters. The molecule has 6 nitrogen and oxygen atoms in total. The first kappa shape index (κ1) is 14.5. The van der Waals surface area contributed by atoms with Crippen LogP contribution in [0.25, 0.3) is 0 Å². The first-order valence-corrected chi connectivity index (χ1v) is 8.19. The Balaban J connectivity index is 2.17. The average Bonchev–Trinajstić information content (AvgIpc) is 2.74. The van der Waals surface area contributed by atoms with E-state index in [0.29, 0.717) is 12.5 Å². The molecule has 7 heteroatoms. The van der Waals surface area contributed by atoms with E-state index in [1.54, 1.807) is 6.20 Å². The van der Waals surface area contributed by atoms with E-state index in [1.165, 1.54) is 0 Å². The largest absolute Gasteiger partial charge is 0.334 e. The minimum atomic E-state index is -3.53. The van der Waals surface area contributed by atoms with Gasteiger partial charge in [-0.3, -0.25) is 0 Å². The number of aromatic nitrogens is 2. The summed E-state index contributed by atoms with van der Waals surface area (Å²) in [6, 6.07) is -0.0640. The monoisotopic (exact) mass is 286 g/mol. The molecular formula is C12H22N4O2S. The highest BCUT2D eigenvalue weighted by molar-refractivity contribution is 7.89. The lowest BCUT2D eigenvalue weighted by atomic mass is 9.96. The van der Waals surface area contributed by atoms with Gasteiger partial charge in [0.05, 0.1) is 0 Å². The van der Waals surface area contributed by atoms with E-state index < -0.39 is 10.0 Å². The van der Waals surface area contributed by atoms with Crippen molar-refractivity contribution in [2.24, 2.45) is 5.92 Å². The average molecular weight is 286 g/mol. The van der Waals surface area contributed by atoms with Crippen molar-refractivity contribution in [1.82, 2.24) is 19.6 Å². The second-order valence-corrected chi connectivity index (χ2v) is 6.77. The van der Waals surface area contributed by atoms with Crippen molar-refractivity contribution in [3.05, 3.63) is 12.0 Å². The molecule has 2 N–H and O–H groups in total. The van der Waals surface area contributed by atoms with Crippen molar-refractivity contribution >= 4 is 10.0 Å². The van der Waals surface area contributed by atoms with Crippen molar-refractivity contribution in [3.8, 4) is 0 Å². The van der Waals surface area contributed by atoms with Crippen LogP contribution in [0.5, 0.6) is 0 Å². The van der Waals surface area contributed by atoms with E-state index in [-0.39, 0.29) is 11.1 Å². The molecule has 0 amide bonds. The van der Waals surface area contributed by atoms with Gasteiger partial charge in [0.15, 0.2) is 5.03 Å². The predicted molar refractivity (Wildman–Crippen MR) is 73.4 cm³/mol. The van der Waals surface area contributed by atoms with Crippen LogP contribution in [0.15, 0.2) is 11.2 Å². The Kier molecular flexibility index (Phi) is 4.27. The molecule has 1 fully saturated rings. The van der Waals surface area contributed by atoms with E-state index in [0.717, 1.165) is 25.3 Å². The maximum absolute atomic E-state index is 12.3. The molecule has 0 bridgehead atoms. The number of hydrogen-bond donors (Lipinski definition) is 2. The number of rotatable bonds is 4. The molecule has 2 unspecified atom stereocenters. The molecule has 1 aromatic rings. The lowest BCUT2D eigenvalue weighted by Crippen LogP contribution is -2.50. The van der Waals surface area contributed by atoms with E-state index in [1.807, 2.05) is 18.4 Å². The van der Waals surface area contributed by atoms with Crippen molar-refractivity contribution in [1.29, 1.82) is 0 Å². The van der Waals surface area contributed by atoms with Gasteiger partial charge in [0, 0.05) is 25.3 Å². The Bertz CT molecular complexity index is 538. The van der Waals surface area contributed by atoms with Crippen LogP contribution in [0.2, 0.25) is 0 Å². The highest BCUT2D eigenvalue weighted by atomic mass is 32.2. The maximum Gasteiger partial charge on any atom is 0.259 e. The fourth-order valence-electron chi connectivity index (χ4n) is 2.34. The van der Waals surface area contributed by atoms with Crippen LogP contribution in [0.3, 0.4) is 0 Å². The molecule has 0 radical (unpaired) electrons. The lowest BCUT2D eigenvalue weighted by molar-refractivity contribution is 0.327. The van der Waals surface area contributed by atoms with Crippen LogP contribution in [0.1, 0.15) is 26.1 Å². The lowest BCUT2D eigenvalue weighted by Gasteiger charge is -2.29. The van der Waals surface area contributed by atoms with Crippen LogP contribution in [0, 0.1) is 12.8 Å². The number of hydrogen-bond acceptors (Lipinski definition) is 4. The van der Waals surface area contributed by atoms with Gasteiger partial charge in [-0.2, -0.15) is 0 Å². The molecule has 0 spiro atoms. The quantitative estimate of drug-likeness (QED) is 0.844. The summed E-state index contributed by atoms with van der Waals surface area (Å²) in [6.45, 7) is 8.19. The van der Waals surface area contributed by atoms with Gasteiger partial charge in [0.2, 0.25) is 0 Å². The van der Waals surface area contributed by atoms with E-state index in [9.17, 15) is 8.42 Å². The Morgan fingerprint density at radius 2 is 2.32 bits per heavy atom. The smallest absolute Gasteiger partial charge is 0.259 e. The fourth-order valence-corrected chi connectivity index (χ4v) is 3.69. The standard InChI is InChI=1S/C12H22N4O2S/c1-4-16-8-12(14-10(16)3)19(17,18)15-11-7-13-6-5-9(11)2/h8-9,11,13,15H,4-7H2,1-3H3. The fraction of sp³-hybridized carbons (Fsp3) is 0.750. The van der Waals surface area contributed by atoms with Gasteiger partial charge in [0.1, 0.15) is 5.82 Å². The molecule has 2 rings (SSSR count). The molecule has 19 heavy (non-hydrogen) atoms. The normalized spacial score (nSPS) is 24.6. The van der Waals surface area contributed by atoms with E-state index >= 15 is 0 Å². The zero-order chi connectivity index (χ0) is 14.0. The molecule has 1 aliphatic heterocycles. The topological polar surface area (TPSA) is 76.0 Å². The highest BCUT2D eigenvalue weighted by Gasteiger charge is 2.28. The number of aryl methyl sites for hydroxylation is 2. The summed E-state index contributed by atoms with van der Waals surface area (Å²) >= 11 is 0. The van der Waals surface area contributed by atoms with Gasteiger partial charge in [-0.15, -0.1) is 0 Å². The third-order valence-electron chi connectivity index (χ3n) is 3.70. The van der Waals surface area contributed by atoms with Gasteiger partial charge >= 0.3 is 0 Å². The summed E-state index contributed by atoms with van der Waals surface area (Å²) in [5, 5.41) is 3.33. The molecule has 1 aliphatic rings. The van der Waals surface area contributed by atoms with Crippen LogP contribution >= 0.6 is 0 Å². The minimum Gasteiger partial charge on any atom is -0.334 e. The number of piperidine rings is 1. The third kappa shape index (κ3) is 3.16. The van der Waals surface area contributed by atoms with Crippen molar-refractivity contribution in [2.75, 3.05) is 13.1 Å². The van der Waals surface area contributed by atoms with Gasteiger partial charge in [-0.25, -0.2) is 18.1 Å². The SMILES string of the molecule is CCn1cc(S(=O)(=O)NC2CNCCC2C)nc1C. The first-order chi connectivity index (χ1) is 8.94. The van der Waals surface area contributed by atoms with Gasteiger partial charge < -0.3 is 9.88 Å². The zero-order valence-corrected chi connectivity index (χ0v) is 12.5. The van der Waals surface area contributed by atoms with Gasteiger partial charge in [-0.1, -0.05) is 6.92 Å². The molecule has 1 saturated heterocycles. The zero-order valence-electron chi connectivity index (χ0n) is 11.7. The number of nitrogens with one attached hydrogen (secondary N) is 2. The second-order valence-electron chi connectivity index (χ2n) is 5.11. The Morgan fingerprint density at radius 1 is 1.58 bits per heavy atom. The van der Waals surface area contributed by atoms with E-state index in [2.05, 4.69) is 21.9 Å². The van der Waals surface area contributed by atoms with Crippen LogP contribution in [-0.2, 0) is 16.6 Å². The Hall–Kier alpha value is -0.920. The predicted octanol–water partition coefficient (Wildman–Crippen LogP) is 0.488. The molecule has 2 heterocycles. The molecule has 0 aliphatic carbocycles. The van der Waals surface area contributed by atoms with Gasteiger partial charge in [-0.05, 0) is 32.7 Å². The highest BCUT2D eigenvalue weighted by Crippen LogP contribution is 2.15.